The van der Waals surface area contributed by atoms with E-state index in [9.17, 15) is 9.59 Å². The summed E-state index contributed by atoms with van der Waals surface area (Å²) in [6, 6.07) is 0. The van der Waals surface area contributed by atoms with Crippen LogP contribution in [0.5, 0.6) is 0 Å². The van der Waals surface area contributed by atoms with E-state index in [0.29, 0.717) is 6.54 Å². The van der Waals surface area contributed by atoms with Gasteiger partial charge in [-0.15, -0.1) is 0 Å². The van der Waals surface area contributed by atoms with Crippen molar-refractivity contribution in [1.29, 1.82) is 0 Å². The highest BCUT2D eigenvalue weighted by Gasteiger charge is 2.10. The first-order valence-electron chi connectivity index (χ1n) is 4.48. The molecule has 0 rings (SSSR count). The predicted octanol–water partition coefficient (Wildman–Crippen LogP) is -1.02. The lowest BCUT2D eigenvalue weighted by atomic mass is 10.3. The van der Waals surface area contributed by atoms with E-state index in [0.717, 1.165) is 6.08 Å². The highest BCUT2D eigenvalue weighted by atomic mass is 16.5. The molecular formula is C9H16N2O4. The van der Waals surface area contributed by atoms with E-state index in [2.05, 4.69) is 17.2 Å². The van der Waals surface area contributed by atoms with E-state index >= 15 is 0 Å². The van der Waals surface area contributed by atoms with Crippen molar-refractivity contribution < 1.29 is 19.4 Å². The number of rotatable bonds is 8. The van der Waals surface area contributed by atoms with Crippen molar-refractivity contribution >= 4 is 11.9 Å². The molecule has 0 saturated heterocycles. The normalized spacial score (nSPS) is 11.8. The summed E-state index contributed by atoms with van der Waals surface area (Å²) >= 11 is 0. The van der Waals surface area contributed by atoms with Crippen LogP contribution >= 0.6 is 0 Å². The third kappa shape index (κ3) is 7.65. The van der Waals surface area contributed by atoms with Gasteiger partial charge in [0.15, 0.2) is 0 Å². The van der Waals surface area contributed by atoms with Crippen molar-refractivity contribution in [2.75, 3.05) is 26.7 Å². The zero-order valence-electron chi connectivity index (χ0n) is 8.66. The molecular weight excluding hydrogens is 200 g/mol. The van der Waals surface area contributed by atoms with E-state index in [-0.39, 0.29) is 25.2 Å². The molecule has 6 heteroatoms. The second-order valence-corrected chi connectivity index (χ2v) is 2.83. The molecule has 15 heavy (non-hydrogen) atoms. The Morgan fingerprint density at radius 1 is 1.53 bits per heavy atom. The highest BCUT2D eigenvalue weighted by Crippen LogP contribution is 1.89. The van der Waals surface area contributed by atoms with Crippen molar-refractivity contribution in [3.63, 3.8) is 0 Å². The first kappa shape index (κ1) is 13.6. The molecule has 3 N–H and O–H groups in total. The fourth-order valence-electron chi connectivity index (χ4n) is 0.893. The lowest BCUT2D eigenvalue weighted by Gasteiger charge is -2.16. The lowest BCUT2D eigenvalue weighted by molar-refractivity contribution is -0.144. The molecule has 1 unspecified atom stereocenters. The number of ether oxygens (including phenoxy) is 1. The second-order valence-electron chi connectivity index (χ2n) is 2.83. The Balaban J connectivity index is 3.86. The minimum absolute atomic E-state index is 0.249. The van der Waals surface area contributed by atoms with Crippen LogP contribution in [0, 0.1) is 0 Å². The number of nitrogens with one attached hydrogen (secondary N) is 2. The van der Waals surface area contributed by atoms with Gasteiger partial charge in [0.05, 0.1) is 6.10 Å². The van der Waals surface area contributed by atoms with Crippen molar-refractivity contribution in [2.45, 2.75) is 6.10 Å². The largest absolute Gasteiger partial charge is 0.480 e. The summed E-state index contributed by atoms with van der Waals surface area (Å²) in [6.07, 6.45) is 0.781. The van der Waals surface area contributed by atoms with Gasteiger partial charge in [-0.25, -0.2) is 4.79 Å². The van der Waals surface area contributed by atoms with Gasteiger partial charge in [0.2, 0.25) is 5.91 Å². The first-order chi connectivity index (χ1) is 7.10. The minimum Gasteiger partial charge on any atom is -0.480 e. The van der Waals surface area contributed by atoms with Crippen molar-refractivity contribution in [1.82, 2.24) is 10.6 Å². The fourth-order valence-corrected chi connectivity index (χ4v) is 0.893. The molecule has 1 amide bonds. The Bertz CT molecular complexity index is 230. The molecule has 0 aliphatic carbocycles. The monoisotopic (exact) mass is 216 g/mol. The zero-order chi connectivity index (χ0) is 11.7. The van der Waals surface area contributed by atoms with Crippen LogP contribution in [-0.2, 0) is 14.3 Å². The predicted molar refractivity (Wildman–Crippen MR) is 54.5 cm³/mol. The number of carboxylic acids is 1. The SMILES string of the molecule is C=CC(=O)NCC(CNC)OCC(=O)O. The third-order valence-corrected chi connectivity index (χ3v) is 1.56. The number of aliphatic carboxylic acids is 1. The van der Waals surface area contributed by atoms with Crippen LogP contribution < -0.4 is 10.6 Å². The van der Waals surface area contributed by atoms with Gasteiger partial charge in [-0.3, -0.25) is 4.79 Å². The van der Waals surface area contributed by atoms with Crippen molar-refractivity contribution in [3.05, 3.63) is 12.7 Å². The molecule has 0 spiro atoms. The Morgan fingerprint density at radius 2 is 2.20 bits per heavy atom. The average Bonchev–Trinajstić information content (AvgIpc) is 2.21. The van der Waals surface area contributed by atoms with E-state index in [1.165, 1.54) is 0 Å². The fraction of sp³-hybridized carbons (Fsp3) is 0.556. The molecule has 0 radical (unpaired) electrons. The first-order valence-corrected chi connectivity index (χ1v) is 4.48. The summed E-state index contributed by atoms with van der Waals surface area (Å²) < 4.78 is 5.03. The van der Waals surface area contributed by atoms with E-state index in [1.807, 2.05) is 0 Å². The molecule has 1 atom stereocenters. The molecule has 0 fully saturated rings. The molecule has 0 aliphatic rings. The number of amides is 1. The molecule has 0 aromatic rings. The minimum atomic E-state index is -1.04. The summed E-state index contributed by atoms with van der Waals surface area (Å²) in [4.78, 5) is 21.1. The number of hydrogen-bond acceptors (Lipinski definition) is 4. The van der Waals surface area contributed by atoms with Crippen LogP contribution in [0.4, 0.5) is 0 Å². The molecule has 0 saturated carbocycles. The van der Waals surface area contributed by atoms with Crippen LogP contribution in [0.3, 0.4) is 0 Å². The molecule has 0 bridgehead atoms. The van der Waals surface area contributed by atoms with Gasteiger partial charge in [-0.1, -0.05) is 6.58 Å². The summed E-state index contributed by atoms with van der Waals surface area (Å²) in [5.41, 5.74) is 0. The Hall–Kier alpha value is -1.40. The number of carboxylic acid groups (broad SMARTS) is 1. The van der Waals surface area contributed by atoms with Gasteiger partial charge >= 0.3 is 5.97 Å². The summed E-state index contributed by atoms with van der Waals surface area (Å²) in [7, 11) is 1.71. The van der Waals surface area contributed by atoms with E-state index in [1.54, 1.807) is 7.05 Å². The number of likely N-dealkylation sites (N-methyl/N-ethyl adjacent to an activating group) is 1. The summed E-state index contributed by atoms with van der Waals surface area (Å²) in [5.74, 6) is -1.35. The molecule has 86 valence electrons. The topological polar surface area (TPSA) is 87.7 Å². The van der Waals surface area contributed by atoms with Gasteiger partial charge in [-0.05, 0) is 13.1 Å². The average molecular weight is 216 g/mol. The molecule has 0 aliphatic heterocycles. The van der Waals surface area contributed by atoms with E-state index in [4.69, 9.17) is 9.84 Å². The van der Waals surface area contributed by atoms with Crippen LogP contribution in [0.1, 0.15) is 0 Å². The molecule has 6 nitrogen and oxygen atoms in total. The standard InChI is InChI=1S/C9H16N2O4/c1-3-8(12)11-5-7(4-10-2)15-6-9(13)14/h3,7,10H,1,4-6H2,2H3,(H,11,12)(H,13,14). The second kappa shape index (κ2) is 7.95. The van der Waals surface area contributed by atoms with Crippen molar-refractivity contribution in [2.24, 2.45) is 0 Å². The number of carbonyl (C=O) groups excluding carboxylic acids is 1. The van der Waals surface area contributed by atoms with Crippen LogP contribution in [0.15, 0.2) is 12.7 Å². The third-order valence-electron chi connectivity index (χ3n) is 1.56. The number of carbonyl (C=O) groups is 2. The van der Waals surface area contributed by atoms with Gasteiger partial charge in [0.25, 0.3) is 0 Å². The van der Waals surface area contributed by atoms with E-state index < -0.39 is 5.97 Å². The molecule has 0 aromatic heterocycles. The molecule has 0 heterocycles. The smallest absolute Gasteiger partial charge is 0.329 e. The summed E-state index contributed by atoms with van der Waals surface area (Å²) in [5, 5.41) is 13.8. The maximum atomic E-state index is 10.8. The van der Waals surface area contributed by atoms with Gasteiger partial charge in [0, 0.05) is 13.1 Å². The van der Waals surface area contributed by atoms with Crippen LogP contribution in [0.25, 0.3) is 0 Å². The summed E-state index contributed by atoms with van der Waals surface area (Å²) in [6.45, 7) is 3.63. The Kier molecular flexibility index (Phi) is 7.21. The van der Waals surface area contributed by atoms with Gasteiger partial charge < -0.3 is 20.5 Å². The quantitative estimate of drug-likeness (QED) is 0.452. The highest BCUT2D eigenvalue weighted by molar-refractivity contribution is 5.86. The lowest BCUT2D eigenvalue weighted by Crippen LogP contribution is -2.39. The number of hydrogen-bond donors (Lipinski definition) is 3. The maximum absolute atomic E-state index is 10.8. The molecule has 0 aromatic carbocycles. The van der Waals surface area contributed by atoms with Crippen LogP contribution in [0.2, 0.25) is 0 Å². The van der Waals surface area contributed by atoms with Crippen molar-refractivity contribution in [3.8, 4) is 0 Å². The zero-order valence-corrected chi connectivity index (χ0v) is 8.66. The Morgan fingerprint density at radius 3 is 2.67 bits per heavy atom. The van der Waals surface area contributed by atoms with Gasteiger partial charge in [0.1, 0.15) is 6.61 Å². The Labute approximate surface area is 88.3 Å². The van der Waals surface area contributed by atoms with Crippen LogP contribution in [-0.4, -0.2) is 49.8 Å². The maximum Gasteiger partial charge on any atom is 0.329 e. The van der Waals surface area contributed by atoms with Gasteiger partial charge in [-0.2, -0.15) is 0 Å².